The van der Waals surface area contributed by atoms with Crippen molar-refractivity contribution < 1.29 is 9.53 Å². The quantitative estimate of drug-likeness (QED) is 0.817. The standard InChI is InChI=1S/C21H27N3O3/c1-27-16-9-12-23(13-10-16)20(25)15-7-8-17-18(14-15)22-19-6-4-2-3-5-11-24(19)21(17)26/h7-8,14,16H,2-6,9-13H2,1H3. The molecule has 0 aliphatic carbocycles. The van der Waals surface area contributed by atoms with Crippen molar-refractivity contribution in [2.45, 2.75) is 57.6 Å². The van der Waals surface area contributed by atoms with Gasteiger partial charge in [-0.25, -0.2) is 4.98 Å². The number of hydrogen-bond donors (Lipinski definition) is 0. The van der Waals surface area contributed by atoms with E-state index in [1.807, 2.05) is 9.47 Å². The normalized spacial score (nSPS) is 18.8. The topological polar surface area (TPSA) is 64.4 Å². The SMILES string of the molecule is COC1CCN(C(=O)c2ccc3c(=O)n4c(nc3c2)CCCCCC4)CC1. The van der Waals surface area contributed by atoms with Crippen LogP contribution < -0.4 is 5.56 Å². The maximum Gasteiger partial charge on any atom is 0.261 e. The van der Waals surface area contributed by atoms with Crippen LogP contribution in [0.5, 0.6) is 0 Å². The van der Waals surface area contributed by atoms with Gasteiger partial charge in [-0.3, -0.25) is 14.2 Å². The second-order valence-corrected chi connectivity index (χ2v) is 7.61. The van der Waals surface area contributed by atoms with Crippen LogP contribution in [-0.4, -0.2) is 46.7 Å². The molecule has 4 rings (SSSR count). The molecule has 1 fully saturated rings. The molecule has 1 aromatic carbocycles. The van der Waals surface area contributed by atoms with Crippen LogP contribution in [0.25, 0.3) is 10.9 Å². The monoisotopic (exact) mass is 369 g/mol. The Morgan fingerprint density at radius 1 is 1.11 bits per heavy atom. The van der Waals surface area contributed by atoms with Gasteiger partial charge in [0.05, 0.1) is 17.0 Å². The predicted octanol–water partition coefficient (Wildman–Crippen LogP) is 2.76. The van der Waals surface area contributed by atoms with Crippen LogP contribution in [0.4, 0.5) is 0 Å². The van der Waals surface area contributed by atoms with Gasteiger partial charge in [0.15, 0.2) is 0 Å². The molecule has 1 saturated heterocycles. The van der Waals surface area contributed by atoms with Crippen molar-refractivity contribution in [2.75, 3.05) is 20.2 Å². The Bertz CT molecular complexity index is 897. The van der Waals surface area contributed by atoms with Crippen molar-refractivity contribution in [3.05, 3.63) is 39.9 Å². The number of fused-ring (bicyclic) bond motifs is 2. The summed E-state index contributed by atoms with van der Waals surface area (Å²) in [7, 11) is 1.72. The van der Waals surface area contributed by atoms with E-state index >= 15 is 0 Å². The number of ether oxygens (including phenoxy) is 1. The number of hydrogen-bond acceptors (Lipinski definition) is 4. The van der Waals surface area contributed by atoms with E-state index in [0.29, 0.717) is 29.6 Å². The highest BCUT2D eigenvalue weighted by atomic mass is 16.5. The first-order chi connectivity index (χ1) is 13.2. The van der Waals surface area contributed by atoms with Crippen LogP contribution in [0.3, 0.4) is 0 Å². The second kappa shape index (κ2) is 7.80. The van der Waals surface area contributed by atoms with E-state index in [1.165, 1.54) is 6.42 Å². The maximum atomic E-state index is 12.9. The molecular weight excluding hydrogens is 342 g/mol. The highest BCUT2D eigenvalue weighted by Gasteiger charge is 2.24. The van der Waals surface area contributed by atoms with Gasteiger partial charge in [0.2, 0.25) is 0 Å². The predicted molar refractivity (Wildman–Crippen MR) is 104 cm³/mol. The molecule has 0 atom stereocenters. The van der Waals surface area contributed by atoms with Gasteiger partial charge in [-0.15, -0.1) is 0 Å². The molecule has 0 unspecified atom stereocenters. The van der Waals surface area contributed by atoms with E-state index in [0.717, 1.165) is 50.9 Å². The summed E-state index contributed by atoms with van der Waals surface area (Å²) in [5.74, 6) is 0.873. The average Bonchev–Trinajstić information content (AvgIpc) is 2.68. The minimum Gasteiger partial charge on any atom is -0.381 e. The molecule has 0 radical (unpaired) electrons. The summed E-state index contributed by atoms with van der Waals surface area (Å²) in [5, 5.41) is 0.606. The first-order valence-corrected chi connectivity index (χ1v) is 10.0. The molecule has 2 aromatic rings. The van der Waals surface area contributed by atoms with Gasteiger partial charge in [-0.05, 0) is 43.9 Å². The fourth-order valence-electron chi connectivity index (χ4n) is 4.21. The third kappa shape index (κ3) is 3.63. The molecule has 6 heteroatoms. The Balaban J connectivity index is 1.65. The fraction of sp³-hybridized carbons (Fsp3) is 0.571. The number of aryl methyl sites for hydroxylation is 1. The van der Waals surface area contributed by atoms with Crippen molar-refractivity contribution in [3.63, 3.8) is 0 Å². The van der Waals surface area contributed by atoms with E-state index in [2.05, 4.69) is 0 Å². The Hall–Kier alpha value is -2.21. The van der Waals surface area contributed by atoms with Gasteiger partial charge < -0.3 is 9.64 Å². The summed E-state index contributed by atoms with van der Waals surface area (Å²) in [6, 6.07) is 5.33. The molecule has 3 heterocycles. The summed E-state index contributed by atoms with van der Waals surface area (Å²) in [6.07, 6.45) is 7.23. The van der Waals surface area contributed by atoms with Crippen LogP contribution >= 0.6 is 0 Å². The number of rotatable bonds is 2. The summed E-state index contributed by atoms with van der Waals surface area (Å²) in [5.41, 5.74) is 1.28. The number of piperidine rings is 1. The highest BCUT2D eigenvalue weighted by Crippen LogP contribution is 2.19. The minimum atomic E-state index is 0.0140. The molecular formula is C21H27N3O3. The van der Waals surface area contributed by atoms with E-state index < -0.39 is 0 Å². The van der Waals surface area contributed by atoms with Crippen LogP contribution in [-0.2, 0) is 17.7 Å². The molecule has 1 aromatic heterocycles. The lowest BCUT2D eigenvalue weighted by Crippen LogP contribution is -2.40. The summed E-state index contributed by atoms with van der Waals surface area (Å²) in [4.78, 5) is 32.4. The van der Waals surface area contributed by atoms with Crippen LogP contribution in [0.15, 0.2) is 23.0 Å². The summed E-state index contributed by atoms with van der Waals surface area (Å²) in [6.45, 7) is 2.15. The summed E-state index contributed by atoms with van der Waals surface area (Å²) >= 11 is 0. The minimum absolute atomic E-state index is 0.0140. The number of carbonyl (C=O) groups is 1. The van der Waals surface area contributed by atoms with Crippen molar-refractivity contribution in [2.24, 2.45) is 0 Å². The van der Waals surface area contributed by atoms with Crippen LogP contribution in [0.2, 0.25) is 0 Å². The molecule has 0 spiro atoms. The Kier molecular flexibility index (Phi) is 5.25. The molecule has 1 amide bonds. The van der Waals surface area contributed by atoms with E-state index in [4.69, 9.17) is 9.72 Å². The van der Waals surface area contributed by atoms with Gasteiger partial charge in [0.1, 0.15) is 5.82 Å². The van der Waals surface area contributed by atoms with Crippen molar-refractivity contribution >= 4 is 16.8 Å². The molecule has 2 aliphatic rings. The molecule has 27 heavy (non-hydrogen) atoms. The Morgan fingerprint density at radius 2 is 1.89 bits per heavy atom. The van der Waals surface area contributed by atoms with Crippen molar-refractivity contribution in [3.8, 4) is 0 Å². The van der Waals surface area contributed by atoms with Gasteiger partial charge in [-0.2, -0.15) is 0 Å². The van der Waals surface area contributed by atoms with Crippen molar-refractivity contribution in [1.29, 1.82) is 0 Å². The number of amides is 1. The molecule has 0 N–H and O–H groups in total. The highest BCUT2D eigenvalue weighted by molar-refractivity contribution is 5.97. The van der Waals surface area contributed by atoms with E-state index in [-0.39, 0.29) is 17.6 Å². The van der Waals surface area contributed by atoms with Crippen LogP contribution in [0.1, 0.15) is 54.7 Å². The van der Waals surface area contributed by atoms with Gasteiger partial charge in [0.25, 0.3) is 11.5 Å². The number of methoxy groups -OCH3 is 1. The lowest BCUT2D eigenvalue weighted by Gasteiger charge is -2.31. The lowest BCUT2D eigenvalue weighted by molar-refractivity contribution is 0.0351. The number of benzene rings is 1. The number of nitrogens with zero attached hydrogens (tertiary/aromatic N) is 3. The Morgan fingerprint density at radius 3 is 2.67 bits per heavy atom. The summed E-state index contributed by atoms with van der Waals surface area (Å²) < 4.78 is 7.21. The van der Waals surface area contributed by atoms with E-state index in [9.17, 15) is 9.59 Å². The fourth-order valence-corrected chi connectivity index (χ4v) is 4.21. The molecule has 0 bridgehead atoms. The zero-order valence-corrected chi connectivity index (χ0v) is 15.9. The van der Waals surface area contributed by atoms with Crippen LogP contribution in [0, 0.1) is 0 Å². The maximum absolute atomic E-state index is 12.9. The molecule has 144 valence electrons. The first-order valence-electron chi connectivity index (χ1n) is 10.0. The van der Waals surface area contributed by atoms with Crippen molar-refractivity contribution in [1.82, 2.24) is 14.5 Å². The molecule has 2 aliphatic heterocycles. The average molecular weight is 369 g/mol. The smallest absolute Gasteiger partial charge is 0.261 e. The third-order valence-electron chi connectivity index (χ3n) is 5.88. The number of aromatic nitrogens is 2. The number of carbonyl (C=O) groups excluding carboxylic acids is 1. The third-order valence-corrected chi connectivity index (χ3v) is 5.88. The Labute approximate surface area is 159 Å². The largest absolute Gasteiger partial charge is 0.381 e. The van der Waals surface area contributed by atoms with Gasteiger partial charge in [-0.1, -0.05) is 12.8 Å². The van der Waals surface area contributed by atoms with Gasteiger partial charge >= 0.3 is 0 Å². The molecule has 0 saturated carbocycles. The molecule has 6 nitrogen and oxygen atoms in total. The number of likely N-dealkylation sites (tertiary alicyclic amines) is 1. The second-order valence-electron chi connectivity index (χ2n) is 7.61. The zero-order chi connectivity index (χ0) is 18.8. The first kappa shape index (κ1) is 18.2. The lowest BCUT2D eigenvalue weighted by atomic mass is 10.0. The zero-order valence-electron chi connectivity index (χ0n) is 15.9. The van der Waals surface area contributed by atoms with E-state index in [1.54, 1.807) is 25.3 Å². The van der Waals surface area contributed by atoms with Gasteiger partial charge in [0, 0.05) is 38.7 Å².